The molecule has 1 aromatic heterocycles. The van der Waals surface area contributed by atoms with Crippen LogP contribution in [-0.4, -0.2) is 53.2 Å². The second kappa shape index (κ2) is 9.71. The van der Waals surface area contributed by atoms with E-state index in [1.165, 1.54) is 35.0 Å². The van der Waals surface area contributed by atoms with E-state index in [9.17, 15) is 18.0 Å². The number of carbonyl (C=O) groups is 2. The first-order valence-electron chi connectivity index (χ1n) is 11.4. The smallest absolute Gasteiger partial charge is 0.266 e. The van der Waals surface area contributed by atoms with Crippen LogP contribution in [-0.2, 0) is 38.9 Å². The van der Waals surface area contributed by atoms with E-state index in [1.807, 2.05) is 13.0 Å². The van der Waals surface area contributed by atoms with Crippen molar-refractivity contribution >= 4 is 21.7 Å². The third kappa shape index (κ3) is 4.78. The van der Waals surface area contributed by atoms with Gasteiger partial charge in [-0.25, -0.2) is 13.9 Å². The molecule has 1 aliphatic carbocycles. The molecule has 0 saturated carbocycles. The fourth-order valence-electron chi connectivity index (χ4n) is 4.84. The summed E-state index contributed by atoms with van der Waals surface area (Å²) in [5, 5.41) is 7.99. The normalized spacial score (nSPS) is 20.0. The van der Waals surface area contributed by atoms with Crippen molar-refractivity contribution in [2.24, 2.45) is 0 Å². The van der Waals surface area contributed by atoms with Crippen LogP contribution in [0.4, 0.5) is 0 Å². The molecule has 2 atom stereocenters. The molecule has 0 radical (unpaired) electrons. The van der Waals surface area contributed by atoms with Crippen LogP contribution in [0.2, 0.25) is 0 Å². The van der Waals surface area contributed by atoms with Crippen molar-refractivity contribution in [3.63, 3.8) is 0 Å². The Hall–Kier alpha value is -2.98. The lowest BCUT2D eigenvalue weighted by molar-refractivity contribution is -0.141. The molecule has 0 bridgehead atoms. The monoisotopic (exact) mass is 487 g/mol. The van der Waals surface area contributed by atoms with Crippen molar-refractivity contribution in [3.8, 4) is 5.75 Å². The molecule has 2 amide bonds. The summed E-state index contributed by atoms with van der Waals surface area (Å²) in [5.41, 5.74) is 6.00. The molecule has 0 unspecified atom stereocenters. The molecular formula is C24H29N3O6S. The summed E-state index contributed by atoms with van der Waals surface area (Å²) < 4.78 is 32.3. The number of nitrogens with one attached hydrogen (secondary N) is 1. The molecule has 34 heavy (non-hydrogen) atoms. The van der Waals surface area contributed by atoms with Crippen molar-refractivity contribution in [2.75, 3.05) is 6.54 Å². The first kappa shape index (κ1) is 24.2. The number of rotatable bonds is 6. The Morgan fingerprint density at radius 2 is 1.91 bits per heavy atom. The molecule has 182 valence electrons. The van der Waals surface area contributed by atoms with Crippen LogP contribution in [0.5, 0.6) is 5.75 Å². The largest absolute Gasteiger partial charge is 0.489 e. The summed E-state index contributed by atoms with van der Waals surface area (Å²) in [4.78, 5) is 29.7. The number of amides is 2. The number of nitrogens with zero attached hydrogens (tertiary/aromatic N) is 2. The van der Waals surface area contributed by atoms with Gasteiger partial charge in [0.1, 0.15) is 18.4 Å². The van der Waals surface area contributed by atoms with Crippen LogP contribution >= 0.6 is 0 Å². The summed E-state index contributed by atoms with van der Waals surface area (Å²) in [6, 6.07) is 7.21. The highest BCUT2D eigenvalue weighted by Crippen LogP contribution is 2.30. The van der Waals surface area contributed by atoms with Crippen LogP contribution < -0.4 is 10.2 Å². The molecule has 10 heteroatoms. The average molecular weight is 488 g/mol. The van der Waals surface area contributed by atoms with Crippen LogP contribution in [0, 0.1) is 6.92 Å². The van der Waals surface area contributed by atoms with Crippen molar-refractivity contribution in [3.05, 3.63) is 52.8 Å². The van der Waals surface area contributed by atoms with Crippen molar-refractivity contribution in [2.45, 2.75) is 68.7 Å². The predicted molar refractivity (Wildman–Crippen MR) is 123 cm³/mol. The van der Waals surface area contributed by atoms with E-state index < -0.39 is 32.9 Å². The fourth-order valence-corrected chi connectivity index (χ4v) is 6.54. The lowest BCUT2D eigenvalue weighted by Crippen LogP contribution is -2.44. The van der Waals surface area contributed by atoms with E-state index in [0.717, 1.165) is 42.6 Å². The van der Waals surface area contributed by atoms with E-state index in [0.29, 0.717) is 12.4 Å². The van der Waals surface area contributed by atoms with Crippen molar-refractivity contribution in [1.82, 2.24) is 15.4 Å². The van der Waals surface area contributed by atoms with Crippen molar-refractivity contribution in [1.29, 1.82) is 0 Å². The second-order valence-corrected chi connectivity index (χ2v) is 11.1. The number of hydrogen-bond donors (Lipinski definition) is 2. The summed E-state index contributed by atoms with van der Waals surface area (Å²) in [6.07, 6.45) is 4.18. The number of aryl methyl sites for hydroxylation is 2. The molecule has 1 saturated heterocycles. The number of fused-ring (bicyclic) bond motifs is 1. The van der Waals surface area contributed by atoms with E-state index in [1.54, 1.807) is 12.1 Å². The van der Waals surface area contributed by atoms with E-state index in [-0.39, 0.29) is 17.9 Å². The van der Waals surface area contributed by atoms with Gasteiger partial charge in [0.05, 0.1) is 10.1 Å². The maximum Gasteiger partial charge on any atom is 0.266 e. The minimum atomic E-state index is -3.80. The SMILES string of the molecule is CC(=O)N1C[C@H](S(=O)(=O)c2ccc(OCc3cc(C)nc4c3CCCC4)cc2)C[C@H]1C(=O)NO. The summed E-state index contributed by atoms with van der Waals surface area (Å²) in [5.74, 6) is -0.680. The van der Waals surface area contributed by atoms with Crippen LogP contribution in [0.3, 0.4) is 0 Å². The number of hydrogen-bond acceptors (Lipinski definition) is 7. The third-order valence-corrected chi connectivity index (χ3v) is 8.73. The Morgan fingerprint density at radius 3 is 2.59 bits per heavy atom. The summed E-state index contributed by atoms with van der Waals surface area (Å²) in [6.45, 7) is 3.51. The van der Waals surface area contributed by atoms with Gasteiger partial charge in [0.2, 0.25) is 5.91 Å². The summed E-state index contributed by atoms with van der Waals surface area (Å²) >= 11 is 0. The number of ether oxygens (including phenoxy) is 1. The minimum absolute atomic E-state index is 0.0843. The van der Waals surface area contributed by atoms with Gasteiger partial charge in [-0.05, 0) is 80.5 Å². The zero-order chi connectivity index (χ0) is 24.5. The van der Waals surface area contributed by atoms with Crippen LogP contribution in [0.1, 0.15) is 48.7 Å². The standard InChI is InChI=1S/C24H29N3O6S/c1-15-11-17(21-5-3-4-6-22(21)25-15)14-33-18-7-9-19(10-8-18)34(31,32)20-12-23(24(29)26-30)27(13-20)16(2)28/h7-11,20,23,30H,3-6,12-14H2,1-2H3,(H,26,29)/t20-,23+/m1/s1. The van der Waals surface area contributed by atoms with Gasteiger partial charge in [0.15, 0.2) is 9.84 Å². The number of likely N-dealkylation sites (tertiary alicyclic amines) is 1. The van der Waals surface area contributed by atoms with E-state index in [4.69, 9.17) is 9.94 Å². The van der Waals surface area contributed by atoms with Gasteiger partial charge in [0, 0.05) is 24.9 Å². The Balaban J connectivity index is 1.47. The third-order valence-electron chi connectivity index (χ3n) is 6.59. The maximum atomic E-state index is 13.2. The Morgan fingerprint density at radius 1 is 1.21 bits per heavy atom. The van der Waals surface area contributed by atoms with Crippen LogP contribution in [0.25, 0.3) is 0 Å². The zero-order valence-corrected chi connectivity index (χ0v) is 20.1. The Bertz CT molecular complexity index is 1200. The molecule has 2 N–H and O–H groups in total. The van der Waals surface area contributed by atoms with Gasteiger partial charge in [-0.3, -0.25) is 19.8 Å². The van der Waals surface area contributed by atoms with Crippen molar-refractivity contribution < 1.29 is 28.0 Å². The second-order valence-electron chi connectivity index (χ2n) is 8.88. The van der Waals surface area contributed by atoms with Gasteiger partial charge in [0.25, 0.3) is 5.91 Å². The summed E-state index contributed by atoms with van der Waals surface area (Å²) in [7, 11) is -3.80. The number of pyridine rings is 1. The number of hydroxylamine groups is 1. The number of benzene rings is 1. The van der Waals surface area contributed by atoms with Crippen LogP contribution in [0.15, 0.2) is 35.2 Å². The quantitative estimate of drug-likeness (QED) is 0.472. The predicted octanol–water partition coefficient (Wildman–Crippen LogP) is 2.12. The molecule has 2 heterocycles. The van der Waals surface area contributed by atoms with Gasteiger partial charge in [-0.2, -0.15) is 0 Å². The topological polar surface area (TPSA) is 126 Å². The fraction of sp³-hybridized carbons (Fsp3) is 0.458. The highest BCUT2D eigenvalue weighted by Gasteiger charge is 2.44. The van der Waals surface area contributed by atoms with Gasteiger partial charge >= 0.3 is 0 Å². The Labute approximate surface area is 199 Å². The zero-order valence-electron chi connectivity index (χ0n) is 19.3. The molecule has 1 fully saturated rings. The molecule has 2 aromatic rings. The first-order chi connectivity index (χ1) is 16.2. The minimum Gasteiger partial charge on any atom is -0.489 e. The highest BCUT2D eigenvalue weighted by molar-refractivity contribution is 7.92. The number of carbonyl (C=O) groups excluding carboxylic acids is 2. The maximum absolute atomic E-state index is 13.2. The number of sulfone groups is 1. The van der Waals surface area contributed by atoms with E-state index >= 15 is 0 Å². The average Bonchev–Trinajstić information content (AvgIpc) is 3.29. The molecular weight excluding hydrogens is 458 g/mol. The van der Waals surface area contributed by atoms with Gasteiger partial charge in [-0.15, -0.1) is 0 Å². The van der Waals surface area contributed by atoms with Gasteiger partial charge < -0.3 is 9.64 Å². The Kier molecular flexibility index (Phi) is 6.90. The molecule has 0 spiro atoms. The molecule has 4 rings (SSSR count). The van der Waals surface area contributed by atoms with E-state index in [2.05, 4.69) is 4.98 Å². The highest BCUT2D eigenvalue weighted by atomic mass is 32.2. The molecule has 1 aromatic carbocycles. The first-order valence-corrected chi connectivity index (χ1v) is 12.9. The molecule has 1 aliphatic heterocycles. The molecule has 9 nitrogen and oxygen atoms in total. The molecule has 2 aliphatic rings. The number of aromatic nitrogens is 1. The lowest BCUT2D eigenvalue weighted by Gasteiger charge is -2.20. The van der Waals surface area contributed by atoms with Gasteiger partial charge in [-0.1, -0.05) is 0 Å². The lowest BCUT2D eigenvalue weighted by atomic mass is 9.92.